The molecule has 0 fully saturated rings. The minimum absolute atomic E-state index is 0.00895. The predicted octanol–water partition coefficient (Wildman–Crippen LogP) is 3.37. The first-order valence-corrected chi connectivity index (χ1v) is 8.12. The molecule has 7 nitrogen and oxygen atoms in total. The number of benzene rings is 1. The van der Waals surface area contributed by atoms with Crippen molar-refractivity contribution < 1.29 is 14.4 Å². The van der Waals surface area contributed by atoms with E-state index in [-0.39, 0.29) is 19.1 Å². The second-order valence-electron chi connectivity index (χ2n) is 4.72. The molecule has 2 aromatic rings. The molecule has 2 rings (SSSR count). The Bertz CT molecular complexity index is 772. The Morgan fingerprint density at radius 2 is 2.08 bits per heavy atom. The van der Waals surface area contributed by atoms with Crippen molar-refractivity contribution in [1.82, 2.24) is 4.98 Å². The molecule has 0 aliphatic rings. The lowest BCUT2D eigenvalue weighted by Crippen LogP contribution is -2.02. The van der Waals surface area contributed by atoms with Gasteiger partial charge in [-0.3, -0.25) is 10.1 Å². The number of hydrogen-bond acceptors (Lipinski definition) is 7. The average molecular weight is 345 g/mol. The van der Waals surface area contributed by atoms with Crippen LogP contribution >= 0.6 is 11.8 Å². The largest absolute Gasteiger partial charge is 0.359 e. The summed E-state index contributed by atoms with van der Waals surface area (Å²) < 4.78 is 10.2. The Morgan fingerprint density at radius 1 is 1.38 bits per heavy atom. The average Bonchev–Trinajstić information content (AvgIpc) is 2.61. The lowest BCUT2D eigenvalue weighted by atomic mass is 10.0. The van der Waals surface area contributed by atoms with Crippen LogP contribution in [0.15, 0.2) is 35.4 Å². The Balaban J connectivity index is 2.48. The molecule has 0 N–H and O–H groups in total. The van der Waals surface area contributed by atoms with E-state index in [1.54, 1.807) is 18.2 Å². The van der Waals surface area contributed by atoms with Crippen molar-refractivity contribution in [3.05, 3.63) is 51.6 Å². The fraction of sp³-hybridized carbons (Fsp3) is 0.250. The van der Waals surface area contributed by atoms with Gasteiger partial charge in [0.1, 0.15) is 17.9 Å². The molecule has 0 unspecified atom stereocenters. The summed E-state index contributed by atoms with van der Waals surface area (Å²) >= 11 is 1.37. The van der Waals surface area contributed by atoms with Crippen LogP contribution < -0.4 is 0 Å². The van der Waals surface area contributed by atoms with Crippen molar-refractivity contribution in [2.45, 2.75) is 11.6 Å². The van der Waals surface area contributed by atoms with Gasteiger partial charge in [0.05, 0.1) is 22.8 Å². The first-order valence-electron chi connectivity index (χ1n) is 6.90. The third-order valence-corrected chi connectivity index (χ3v) is 3.89. The van der Waals surface area contributed by atoms with Gasteiger partial charge in [0, 0.05) is 30.4 Å². The smallest absolute Gasteiger partial charge is 0.269 e. The summed E-state index contributed by atoms with van der Waals surface area (Å²) in [7, 11) is 1.52. The standard InChI is InChI=1S/C16H15N3O4S/c1-22-10-23-9-13-7-12(8-17)16(24-2)18-15(13)11-3-5-14(6-4-11)19(20)21/h3-7H,9-10H2,1-2H3. The molecule has 0 aliphatic heterocycles. The number of nitro benzene ring substituents is 1. The van der Waals surface area contributed by atoms with Gasteiger partial charge >= 0.3 is 0 Å². The first kappa shape index (κ1) is 17.9. The van der Waals surface area contributed by atoms with E-state index in [1.165, 1.54) is 31.0 Å². The summed E-state index contributed by atoms with van der Waals surface area (Å²) in [6, 6.07) is 9.97. The highest BCUT2D eigenvalue weighted by Crippen LogP contribution is 2.29. The minimum atomic E-state index is -0.452. The molecule has 1 heterocycles. The summed E-state index contributed by atoms with van der Waals surface area (Å²) in [5.74, 6) is 0. The highest BCUT2D eigenvalue weighted by atomic mass is 32.2. The number of ether oxygens (including phenoxy) is 2. The van der Waals surface area contributed by atoms with Crippen molar-refractivity contribution in [3.8, 4) is 17.3 Å². The molecule has 0 saturated carbocycles. The maximum Gasteiger partial charge on any atom is 0.269 e. The van der Waals surface area contributed by atoms with Crippen molar-refractivity contribution in [2.24, 2.45) is 0 Å². The third-order valence-electron chi connectivity index (χ3n) is 3.19. The van der Waals surface area contributed by atoms with E-state index in [1.807, 2.05) is 6.26 Å². The highest BCUT2D eigenvalue weighted by molar-refractivity contribution is 7.98. The van der Waals surface area contributed by atoms with Gasteiger partial charge in [0.25, 0.3) is 5.69 Å². The number of pyridine rings is 1. The number of nitrogens with zero attached hydrogens (tertiary/aromatic N) is 3. The van der Waals surface area contributed by atoms with E-state index < -0.39 is 4.92 Å². The van der Waals surface area contributed by atoms with E-state index in [4.69, 9.17) is 9.47 Å². The van der Waals surface area contributed by atoms with Gasteiger partial charge in [0.15, 0.2) is 0 Å². The maximum absolute atomic E-state index is 10.8. The number of methoxy groups -OCH3 is 1. The molecule has 8 heteroatoms. The van der Waals surface area contributed by atoms with Crippen LogP contribution in [0, 0.1) is 21.4 Å². The molecule has 0 spiro atoms. The highest BCUT2D eigenvalue weighted by Gasteiger charge is 2.14. The summed E-state index contributed by atoms with van der Waals surface area (Å²) in [6.45, 7) is 0.336. The normalized spacial score (nSPS) is 10.4. The topological polar surface area (TPSA) is 98.3 Å². The number of hydrogen-bond donors (Lipinski definition) is 0. The van der Waals surface area contributed by atoms with Crippen LogP contribution in [0.4, 0.5) is 5.69 Å². The van der Waals surface area contributed by atoms with Crippen LogP contribution in [0.3, 0.4) is 0 Å². The van der Waals surface area contributed by atoms with Gasteiger partial charge in [-0.1, -0.05) is 0 Å². The van der Waals surface area contributed by atoms with E-state index in [9.17, 15) is 15.4 Å². The van der Waals surface area contributed by atoms with Gasteiger partial charge in [-0.05, 0) is 24.5 Å². The summed E-state index contributed by atoms with van der Waals surface area (Å²) in [6.07, 6.45) is 1.84. The van der Waals surface area contributed by atoms with Gasteiger partial charge < -0.3 is 9.47 Å². The van der Waals surface area contributed by atoms with Crippen LogP contribution in [0.5, 0.6) is 0 Å². The lowest BCUT2D eigenvalue weighted by Gasteiger charge is -2.12. The number of rotatable bonds is 7. The zero-order valence-electron chi connectivity index (χ0n) is 13.2. The molecule has 0 bridgehead atoms. The quantitative estimate of drug-likeness (QED) is 0.249. The van der Waals surface area contributed by atoms with Crippen LogP contribution in [0.2, 0.25) is 0 Å². The van der Waals surface area contributed by atoms with E-state index in [0.717, 1.165) is 11.1 Å². The van der Waals surface area contributed by atoms with Crippen LogP contribution in [-0.2, 0) is 16.1 Å². The fourth-order valence-corrected chi connectivity index (χ4v) is 2.62. The van der Waals surface area contributed by atoms with Gasteiger partial charge in [-0.25, -0.2) is 4.98 Å². The molecular formula is C16H15N3O4S. The maximum atomic E-state index is 10.8. The van der Waals surface area contributed by atoms with Crippen molar-refractivity contribution in [3.63, 3.8) is 0 Å². The van der Waals surface area contributed by atoms with Crippen molar-refractivity contribution >= 4 is 17.4 Å². The van der Waals surface area contributed by atoms with E-state index in [2.05, 4.69) is 11.1 Å². The number of nitro groups is 1. The second kappa shape index (κ2) is 8.40. The molecule has 0 amide bonds. The summed E-state index contributed by atoms with van der Waals surface area (Å²) in [5.41, 5.74) is 2.54. The monoisotopic (exact) mass is 345 g/mol. The van der Waals surface area contributed by atoms with Crippen molar-refractivity contribution in [2.75, 3.05) is 20.2 Å². The Labute approximate surface area is 143 Å². The summed E-state index contributed by atoms with van der Waals surface area (Å²) in [4.78, 5) is 14.9. The summed E-state index contributed by atoms with van der Waals surface area (Å²) in [5, 5.41) is 20.6. The molecule has 124 valence electrons. The Kier molecular flexibility index (Phi) is 6.26. The third kappa shape index (κ3) is 4.08. The molecule has 24 heavy (non-hydrogen) atoms. The minimum Gasteiger partial charge on any atom is -0.359 e. The van der Waals surface area contributed by atoms with E-state index in [0.29, 0.717) is 16.3 Å². The van der Waals surface area contributed by atoms with Gasteiger partial charge in [-0.2, -0.15) is 5.26 Å². The fourth-order valence-electron chi connectivity index (χ4n) is 2.11. The van der Waals surface area contributed by atoms with E-state index >= 15 is 0 Å². The molecular weight excluding hydrogens is 330 g/mol. The number of nitriles is 1. The second-order valence-corrected chi connectivity index (χ2v) is 5.52. The molecule has 0 saturated heterocycles. The molecule has 1 aromatic carbocycles. The van der Waals surface area contributed by atoms with Crippen LogP contribution in [0.1, 0.15) is 11.1 Å². The predicted molar refractivity (Wildman–Crippen MR) is 89.5 cm³/mol. The Morgan fingerprint density at radius 3 is 2.62 bits per heavy atom. The zero-order chi connectivity index (χ0) is 17.5. The van der Waals surface area contributed by atoms with Gasteiger partial charge in [-0.15, -0.1) is 11.8 Å². The molecule has 1 aromatic heterocycles. The van der Waals surface area contributed by atoms with Gasteiger partial charge in [0.2, 0.25) is 0 Å². The van der Waals surface area contributed by atoms with Crippen LogP contribution in [-0.4, -0.2) is 30.1 Å². The number of aromatic nitrogens is 1. The lowest BCUT2D eigenvalue weighted by molar-refractivity contribution is -0.384. The molecule has 0 aliphatic carbocycles. The SMILES string of the molecule is COCOCc1cc(C#N)c(SC)nc1-c1ccc([N+](=O)[O-])cc1. The molecule has 0 radical (unpaired) electrons. The Hall–Kier alpha value is -2.47. The number of non-ortho nitro benzene ring substituents is 1. The van der Waals surface area contributed by atoms with Crippen LogP contribution in [0.25, 0.3) is 11.3 Å². The number of thioether (sulfide) groups is 1. The molecule has 0 atom stereocenters. The zero-order valence-corrected chi connectivity index (χ0v) is 14.0. The van der Waals surface area contributed by atoms with Crippen molar-refractivity contribution in [1.29, 1.82) is 5.26 Å². The first-order chi connectivity index (χ1) is 11.6.